The summed E-state index contributed by atoms with van der Waals surface area (Å²) in [4.78, 5) is 71.5. The molecule has 16 heteroatoms. The molecule has 3 aliphatic heterocycles. The monoisotopic (exact) mass is 781 g/mol. The van der Waals surface area contributed by atoms with Crippen LogP contribution in [-0.2, 0) is 47.0 Å². The number of ether oxygens (including phenoxy) is 2. The summed E-state index contributed by atoms with van der Waals surface area (Å²) in [5, 5.41) is 5.45. The average molecular weight is 782 g/mol. The Morgan fingerprint density at radius 3 is 2.51 bits per heavy atom. The van der Waals surface area contributed by atoms with Gasteiger partial charge in [-0.1, -0.05) is 55.3 Å². The van der Waals surface area contributed by atoms with Crippen molar-refractivity contribution >= 4 is 39.9 Å². The summed E-state index contributed by atoms with van der Waals surface area (Å²) >= 11 is 0. The van der Waals surface area contributed by atoms with Crippen LogP contribution in [0, 0.1) is 18.7 Å². The van der Waals surface area contributed by atoms with Crippen molar-refractivity contribution in [1.82, 2.24) is 25.2 Å². The molecule has 4 aliphatic rings. The molecule has 0 bridgehead atoms. The quantitative estimate of drug-likeness (QED) is 0.372. The van der Waals surface area contributed by atoms with Gasteiger partial charge in [-0.15, -0.1) is 0 Å². The minimum Gasteiger partial charge on any atom is -0.444 e. The zero-order valence-electron chi connectivity index (χ0n) is 31.4. The summed E-state index contributed by atoms with van der Waals surface area (Å²) in [6.07, 6.45) is 3.95. The Kier molecular flexibility index (Phi) is 11.3. The number of halogens is 1. The highest BCUT2D eigenvalue weighted by atomic mass is 32.2. The molecule has 55 heavy (non-hydrogen) atoms. The first-order valence-electron chi connectivity index (χ1n) is 18.6. The first-order valence-corrected chi connectivity index (χ1v) is 20.1. The van der Waals surface area contributed by atoms with Gasteiger partial charge in [-0.3, -0.25) is 19.3 Å². The van der Waals surface area contributed by atoms with Gasteiger partial charge in [0.2, 0.25) is 11.8 Å². The van der Waals surface area contributed by atoms with E-state index < -0.39 is 81.0 Å². The summed E-state index contributed by atoms with van der Waals surface area (Å²) < 4.78 is 54.7. The van der Waals surface area contributed by atoms with Gasteiger partial charge in [0.05, 0.1) is 18.0 Å². The van der Waals surface area contributed by atoms with Crippen molar-refractivity contribution < 1.29 is 46.3 Å². The van der Waals surface area contributed by atoms with Gasteiger partial charge in [-0.2, -0.15) is 0 Å². The van der Waals surface area contributed by atoms with Crippen LogP contribution in [0.1, 0.15) is 82.4 Å². The standard InChI is InChI=1S/C39H48FN5O9S/c1-24-13-10-11-18-32(24)55(51,52)43-35(48)39-20-26(39)15-8-6-5-7-9-17-30(41-36(49)54-38(2,3)4)34(47)45-22-27(19-31(45)33(46)42-39)53-37(50)44-21-25-14-12-16-29(40)28(25)23-44/h8,10-16,18,26-27,30-31H,5-7,9,17,19-23H2,1-4H3,(H,41,49)(H,42,46)(H,43,48)/b15-8-/t26-,27-,30+,31?,39-/m1/s1. The Hall–Kier alpha value is -4.99. The molecule has 6 rings (SSSR count). The second-order valence-corrected chi connectivity index (χ2v) is 17.4. The average Bonchev–Trinajstić information content (AvgIpc) is 3.40. The number of hydrogen-bond acceptors (Lipinski definition) is 9. The van der Waals surface area contributed by atoms with Crippen molar-refractivity contribution in [2.75, 3.05) is 6.54 Å². The summed E-state index contributed by atoms with van der Waals surface area (Å²) in [5.74, 6) is -3.27. The molecule has 1 saturated carbocycles. The number of nitrogens with one attached hydrogen (secondary N) is 3. The van der Waals surface area contributed by atoms with Crippen molar-refractivity contribution in [3.05, 3.63) is 77.1 Å². The number of fused-ring (bicyclic) bond motifs is 3. The molecule has 5 amide bonds. The normalized spacial score (nSPS) is 26.3. The van der Waals surface area contributed by atoms with E-state index in [0.29, 0.717) is 36.0 Å². The molecule has 1 unspecified atom stereocenters. The van der Waals surface area contributed by atoms with Crippen LogP contribution in [0.2, 0.25) is 0 Å². The Morgan fingerprint density at radius 2 is 1.78 bits per heavy atom. The number of carbonyl (C=O) groups excluding carboxylic acids is 5. The van der Waals surface area contributed by atoms with Crippen LogP contribution in [0.3, 0.4) is 0 Å². The zero-order valence-corrected chi connectivity index (χ0v) is 32.2. The fourth-order valence-electron chi connectivity index (χ4n) is 7.47. The van der Waals surface area contributed by atoms with E-state index >= 15 is 0 Å². The number of hydrogen-bond donors (Lipinski definition) is 3. The maximum absolute atomic E-state index is 14.5. The van der Waals surface area contributed by atoms with Crippen molar-refractivity contribution in [3.63, 3.8) is 0 Å². The van der Waals surface area contributed by atoms with E-state index in [1.165, 1.54) is 21.9 Å². The lowest BCUT2D eigenvalue weighted by molar-refractivity contribution is -0.141. The molecule has 1 aliphatic carbocycles. The van der Waals surface area contributed by atoms with Gasteiger partial charge in [-0.05, 0) is 76.6 Å². The van der Waals surface area contributed by atoms with E-state index in [-0.39, 0.29) is 43.8 Å². The fourth-order valence-corrected chi connectivity index (χ4v) is 8.75. The number of sulfonamides is 1. The van der Waals surface area contributed by atoms with Gasteiger partial charge >= 0.3 is 12.2 Å². The fraction of sp³-hybridized carbons (Fsp3) is 0.513. The van der Waals surface area contributed by atoms with Gasteiger partial charge in [0.25, 0.3) is 15.9 Å². The molecular weight excluding hydrogens is 734 g/mol. The lowest BCUT2D eigenvalue weighted by Gasteiger charge is -2.30. The van der Waals surface area contributed by atoms with Crippen LogP contribution in [0.5, 0.6) is 0 Å². The van der Waals surface area contributed by atoms with E-state index in [2.05, 4.69) is 15.4 Å². The van der Waals surface area contributed by atoms with Crippen molar-refractivity contribution in [2.24, 2.45) is 5.92 Å². The van der Waals surface area contributed by atoms with Crippen molar-refractivity contribution in [2.45, 2.75) is 120 Å². The number of amides is 5. The molecule has 2 aromatic carbocycles. The minimum atomic E-state index is -4.32. The number of carbonyl (C=O) groups is 5. The molecule has 2 fully saturated rings. The summed E-state index contributed by atoms with van der Waals surface area (Å²) in [5.41, 5.74) is -1.05. The van der Waals surface area contributed by atoms with Gasteiger partial charge in [0.1, 0.15) is 35.1 Å². The maximum Gasteiger partial charge on any atom is 0.410 e. The first-order chi connectivity index (χ1) is 26.0. The number of alkyl carbamates (subject to hydrolysis) is 1. The lowest BCUT2D eigenvalue weighted by Crippen LogP contribution is -2.58. The van der Waals surface area contributed by atoms with Crippen LogP contribution in [0.15, 0.2) is 59.5 Å². The Labute approximate surface area is 320 Å². The third kappa shape index (κ3) is 8.95. The van der Waals surface area contributed by atoms with E-state index in [9.17, 15) is 36.8 Å². The van der Waals surface area contributed by atoms with Crippen molar-refractivity contribution in [1.29, 1.82) is 0 Å². The summed E-state index contributed by atoms with van der Waals surface area (Å²) in [6.45, 7) is 6.56. The van der Waals surface area contributed by atoms with Crippen LogP contribution in [-0.4, -0.2) is 84.0 Å². The topological polar surface area (TPSA) is 181 Å². The lowest BCUT2D eigenvalue weighted by atomic mass is 10.0. The van der Waals surface area contributed by atoms with Crippen molar-refractivity contribution in [3.8, 4) is 0 Å². The number of nitrogens with zero attached hydrogens (tertiary/aromatic N) is 2. The molecule has 2 aromatic rings. The summed E-state index contributed by atoms with van der Waals surface area (Å²) in [6, 6.07) is 8.42. The molecule has 0 aromatic heterocycles. The smallest absolute Gasteiger partial charge is 0.410 e. The highest BCUT2D eigenvalue weighted by Gasteiger charge is 2.62. The third-order valence-corrected chi connectivity index (χ3v) is 11.9. The van der Waals surface area contributed by atoms with Crippen LogP contribution in [0.4, 0.5) is 14.0 Å². The Balaban J connectivity index is 1.27. The molecule has 14 nitrogen and oxygen atoms in total. The van der Waals surface area contributed by atoms with E-state index in [1.807, 2.05) is 6.08 Å². The molecule has 3 heterocycles. The summed E-state index contributed by atoms with van der Waals surface area (Å²) in [7, 11) is -4.32. The first kappa shape index (κ1) is 39.7. The Bertz CT molecular complexity index is 2000. The van der Waals surface area contributed by atoms with Crippen LogP contribution >= 0.6 is 0 Å². The molecule has 296 valence electrons. The molecule has 1 saturated heterocycles. The van der Waals surface area contributed by atoms with Gasteiger partial charge in [0, 0.05) is 24.4 Å². The largest absolute Gasteiger partial charge is 0.444 e. The number of rotatable bonds is 5. The van der Waals surface area contributed by atoms with Crippen LogP contribution < -0.4 is 15.4 Å². The van der Waals surface area contributed by atoms with Crippen LogP contribution in [0.25, 0.3) is 0 Å². The minimum absolute atomic E-state index is 0.0139. The van der Waals surface area contributed by atoms with E-state index in [4.69, 9.17) is 9.47 Å². The third-order valence-electron chi connectivity index (χ3n) is 10.4. The number of allylic oxidation sites excluding steroid dienone is 1. The molecule has 0 spiro atoms. The predicted octanol–water partition coefficient (Wildman–Crippen LogP) is 4.35. The number of benzene rings is 2. The highest BCUT2D eigenvalue weighted by Crippen LogP contribution is 2.46. The Morgan fingerprint density at radius 1 is 1.02 bits per heavy atom. The highest BCUT2D eigenvalue weighted by molar-refractivity contribution is 7.90. The second kappa shape index (κ2) is 15.6. The number of aryl methyl sites for hydroxylation is 1. The van der Waals surface area contributed by atoms with E-state index in [1.54, 1.807) is 64.1 Å². The molecule has 0 radical (unpaired) electrons. The molecule has 3 N–H and O–H groups in total. The zero-order chi connectivity index (χ0) is 39.7. The van der Waals surface area contributed by atoms with Gasteiger partial charge < -0.3 is 25.0 Å². The SMILES string of the molecule is Cc1ccccc1S(=O)(=O)NC(=O)[C@@]12C[C@H]1/C=C\CCCCC[C@H](NC(=O)OC(C)(C)C)C(=O)N1C[C@H](OC(=O)N3Cc4cccc(F)c4C3)CC1C(=O)N2. The van der Waals surface area contributed by atoms with Gasteiger partial charge in [-0.25, -0.2) is 27.1 Å². The van der Waals surface area contributed by atoms with E-state index in [0.717, 1.165) is 6.42 Å². The molecular formula is C39H48FN5O9S. The maximum atomic E-state index is 14.5. The second-order valence-electron chi connectivity index (χ2n) is 15.7. The predicted molar refractivity (Wildman–Crippen MR) is 197 cm³/mol. The van der Waals surface area contributed by atoms with Gasteiger partial charge in [0.15, 0.2) is 0 Å². The molecule has 5 atom stereocenters.